The van der Waals surface area contributed by atoms with E-state index >= 15 is 0 Å². The van der Waals surface area contributed by atoms with E-state index in [1.165, 1.54) is 12.4 Å². The molecule has 3 aromatic carbocycles. The van der Waals surface area contributed by atoms with Crippen LogP contribution >= 0.6 is 0 Å². The molecular weight excluding hydrogens is 483 g/mol. The van der Waals surface area contributed by atoms with Crippen molar-refractivity contribution in [2.45, 2.75) is 25.6 Å². The number of fused-ring (bicyclic) bond motifs is 1. The summed E-state index contributed by atoms with van der Waals surface area (Å²) in [5, 5.41) is 4.12. The maximum atomic E-state index is 14.0. The number of hydrogen-bond acceptors (Lipinski definition) is 7. The minimum Gasteiger partial charge on any atom is -0.497 e. The summed E-state index contributed by atoms with van der Waals surface area (Å²) in [6, 6.07) is 15.6. The lowest BCUT2D eigenvalue weighted by Gasteiger charge is -2.29. The number of terminal acetylenes is 1. The lowest BCUT2D eigenvalue weighted by Crippen LogP contribution is -2.35. The predicted octanol–water partition coefficient (Wildman–Crippen LogP) is 5.55. The summed E-state index contributed by atoms with van der Waals surface area (Å²) in [5.74, 6) is 4.74. The van der Waals surface area contributed by atoms with Crippen LogP contribution in [0.5, 0.6) is 17.2 Å². The van der Waals surface area contributed by atoms with Gasteiger partial charge in [0.1, 0.15) is 47.9 Å². The van der Waals surface area contributed by atoms with Crippen LogP contribution in [-0.2, 0) is 6.61 Å². The molecule has 0 spiro atoms. The highest BCUT2D eigenvalue weighted by Crippen LogP contribution is 2.37. The molecule has 0 unspecified atom stereocenters. The second-order valence-corrected chi connectivity index (χ2v) is 9.22. The lowest BCUT2D eigenvalue weighted by molar-refractivity contribution is 0.115. The molecule has 0 aliphatic carbocycles. The van der Waals surface area contributed by atoms with E-state index in [1.807, 2.05) is 18.2 Å². The zero-order valence-electron chi connectivity index (χ0n) is 21.4. The van der Waals surface area contributed by atoms with E-state index in [0.717, 1.165) is 37.0 Å². The maximum Gasteiger partial charge on any atom is 0.145 e. The minimum atomic E-state index is -0.321. The third kappa shape index (κ3) is 5.63. The number of benzene rings is 3. The van der Waals surface area contributed by atoms with Crippen LogP contribution in [0.25, 0.3) is 10.9 Å². The lowest BCUT2D eigenvalue weighted by atomic mass is 10.1. The van der Waals surface area contributed by atoms with Crippen molar-refractivity contribution in [3.8, 4) is 29.6 Å². The summed E-state index contributed by atoms with van der Waals surface area (Å²) < 4.78 is 31.8. The number of nitrogens with one attached hydrogen (secondary N) is 1. The fourth-order valence-electron chi connectivity index (χ4n) is 4.47. The van der Waals surface area contributed by atoms with E-state index < -0.39 is 0 Å². The maximum absolute atomic E-state index is 14.0. The molecule has 1 aromatic heterocycles. The van der Waals surface area contributed by atoms with Crippen molar-refractivity contribution >= 4 is 22.4 Å². The molecule has 0 radical (unpaired) electrons. The van der Waals surface area contributed by atoms with Gasteiger partial charge in [-0.3, -0.25) is 0 Å². The van der Waals surface area contributed by atoms with Crippen LogP contribution in [0, 0.1) is 18.2 Å². The first-order chi connectivity index (χ1) is 18.5. The van der Waals surface area contributed by atoms with Gasteiger partial charge in [-0.1, -0.05) is 24.1 Å². The molecule has 8 heteroatoms. The zero-order chi connectivity index (χ0) is 26.5. The normalized spacial score (nSPS) is 14.2. The van der Waals surface area contributed by atoms with E-state index in [4.69, 9.17) is 20.6 Å². The molecule has 38 heavy (non-hydrogen) atoms. The van der Waals surface area contributed by atoms with Crippen LogP contribution < -0.4 is 19.5 Å². The van der Waals surface area contributed by atoms with Crippen LogP contribution in [0.3, 0.4) is 0 Å². The van der Waals surface area contributed by atoms with Gasteiger partial charge in [0.25, 0.3) is 0 Å². The number of hydrogen-bond donors (Lipinski definition) is 1. The molecule has 2 heterocycles. The average molecular weight is 513 g/mol. The predicted molar refractivity (Wildman–Crippen MR) is 146 cm³/mol. The Bertz CT molecular complexity index is 1480. The molecule has 7 nitrogen and oxygen atoms in total. The van der Waals surface area contributed by atoms with Gasteiger partial charge >= 0.3 is 0 Å². The molecule has 1 saturated heterocycles. The number of anilines is 2. The molecular formula is C30H29FN4O3. The Kier molecular flexibility index (Phi) is 7.57. The van der Waals surface area contributed by atoms with E-state index in [0.29, 0.717) is 39.7 Å². The highest BCUT2D eigenvalue weighted by Gasteiger charge is 2.21. The van der Waals surface area contributed by atoms with Crippen molar-refractivity contribution in [2.75, 3.05) is 32.6 Å². The second kappa shape index (κ2) is 11.4. The Morgan fingerprint density at radius 2 is 1.89 bits per heavy atom. The van der Waals surface area contributed by atoms with Gasteiger partial charge in [-0.2, -0.15) is 0 Å². The summed E-state index contributed by atoms with van der Waals surface area (Å²) in [6.45, 7) is 2.03. The summed E-state index contributed by atoms with van der Waals surface area (Å²) in [4.78, 5) is 11.3. The largest absolute Gasteiger partial charge is 0.497 e. The molecule has 0 bridgehead atoms. The first-order valence-corrected chi connectivity index (χ1v) is 12.5. The van der Waals surface area contributed by atoms with Crippen LogP contribution in [-0.4, -0.2) is 48.2 Å². The number of piperidine rings is 1. The van der Waals surface area contributed by atoms with Gasteiger partial charge < -0.3 is 24.4 Å². The van der Waals surface area contributed by atoms with Crippen LogP contribution in [0.4, 0.5) is 15.9 Å². The minimum absolute atomic E-state index is 0.0736. The van der Waals surface area contributed by atoms with Crippen LogP contribution in [0.2, 0.25) is 0 Å². The standard InChI is InChI=1S/C30H29FN4O3/c1-4-20-15-22(9-10-27(20)37-18-21-7-5-6-8-25(21)31)34-30-29-26(32-19-33-30)16-24(36-3)17-28(29)38-23-11-13-35(2)14-12-23/h1,5-10,15-17,19,23H,11-14,18H2,2-3H3,(H,32,33,34). The number of ether oxygens (including phenoxy) is 3. The van der Waals surface area contributed by atoms with Crippen LogP contribution in [0.15, 0.2) is 60.9 Å². The molecule has 1 fully saturated rings. The van der Waals surface area contributed by atoms with Gasteiger partial charge in [0.05, 0.1) is 23.6 Å². The van der Waals surface area contributed by atoms with Crippen LogP contribution in [0.1, 0.15) is 24.0 Å². The number of nitrogens with zero attached hydrogens (tertiary/aromatic N) is 3. The molecule has 0 atom stereocenters. The van der Waals surface area contributed by atoms with E-state index in [-0.39, 0.29) is 18.5 Å². The average Bonchev–Trinajstić information content (AvgIpc) is 2.94. The monoisotopic (exact) mass is 512 g/mol. The van der Waals surface area contributed by atoms with Crippen molar-refractivity contribution < 1.29 is 18.6 Å². The Balaban J connectivity index is 1.42. The summed E-state index contributed by atoms with van der Waals surface area (Å²) >= 11 is 0. The Morgan fingerprint density at radius 3 is 2.66 bits per heavy atom. The highest BCUT2D eigenvalue weighted by atomic mass is 19.1. The fourth-order valence-corrected chi connectivity index (χ4v) is 4.47. The first kappa shape index (κ1) is 25.3. The van der Waals surface area contributed by atoms with Crippen molar-refractivity contribution in [3.63, 3.8) is 0 Å². The number of aromatic nitrogens is 2. The fraction of sp³-hybridized carbons (Fsp3) is 0.267. The Hall–Kier alpha value is -4.35. The number of halogens is 1. The topological polar surface area (TPSA) is 68.7 Å². The third-order valence-electron chi connectivity index (χ3n) is 6.61. The zero-order valence-corrected chi connectivity index (χ0v) is 21.4. The molecule has 0 amide bonds. The number of methoxy groups -OCH3 is 1. The van der Waals surface area contributed by atoms with Gasteiger partial charge in [-0.25, -0.2) is 14.4 Å². The molecule has 1 N–H and O–H groups in total. The number of rotatable bonds is 8. The van der Waals surface area contributed by atoms with Gasteiger partial charge in [0, 0.05) is 36.5 Å². The van der Waals surface area contributed by atoms with Crippen molar-refractivity contribution in [1.82, 2.24) is 14.9 Å². The molecule has 5 rings (SSSR count). The van der Waals surface area contributed by atoms with Crippen molar-refractivity contribution in [3.05, 3.63) is 77.9 Å². The van der Waals surface area contributed by atoms with Crippen molar-refractivity contribution in [1.29, 1.82) is 0 Å². The molecule has 4 aromatic rings. The van der Waals surface area contributed by atoms with Gasteiger partial charge in [-0.05, 0) is 44.2 Å². The van der Waals surface area contributed by atoms with Crippen molar-refractivity contribution in [2.24, 2.45) is 0 Å². The second-order valence-electron chi connectivity index (χ2n) is 9.22. The van der Waals surface area contributed by atoms with Gasteiger partial charge in [0.2, 0.25) is 0 Å². The first-order valence-electron chi connectivity index (χ1n) is 12.5. The SMILES string of the molecule is C#Cc1cc(Nc2ncnc3cc(OC)cc(OC4CCN(C)CC4)c23)ccc1OCc1ccccc1F. The summed E-state index contributed by atoms with van der Waals surface area (Å²) in [5.41, 5.74) is 2.41. The smallest absolute Gasteiger partial charge is 0.145 e. The molecule has 194 valence electrons. The Morgan fingerprint density at radius 1 is 1.08 bits per heavy atom. The van der Waals surface area contributed by atoms with E-state index in [9.17, 15) is 4.39 Å². The molecule has 0 saturated carbocycles. The van der Waals surface area contributed by atoms with Gasteiger partial charge in [-0.15, -0.1) is 6.42 Å². The van der Waals surface area contributed by atoms with E-state index in [2.05, 4.69) is 33.2 Å². The molecule has 1 aliphatic heterocycles. The molecule has 1 aliphatic rings. The highest BCUT2D eigenvalue weighted by molar-refractivity contribution is 5.96. The number of likely N-dealkylation sites (tertiary alicyclic amines) is 1. The summed E-state index contributed by atoms with van der Waals surface area (Å²) in [6.07, 6.45) is 9.24. The van der Waals surface area contributed by atoms with E-state index in [1.54, 1.807) is 37.4 Å². The quantitative estimate of drug-likeness (QED) is 0.310. The summed E-state index contributed by atoms with van der Waals surface area (Å²) in [7, 11) is 3.74. The third-order valence-corrected chi connectivity index (χ3v) is 6.61. The Labute approximate surface area is 221 Å². The van der Waals surface area contributed by atoms with Gasteiger partial charge in [0.15, 0.2) is 0 Å².